The molecule has 4 nitrogen and oxygen atoms in total. The average Bonchev–Trinajstić information content (AvgIpc) is 3.42. The Bertz CT molecular complexity index is 672. The van der Waals surface area contributed by atoms with Crippen LogP contribution in [0, 0.1) is 0 Å². The normalized spacial score (nSPS) is 19.9. The highest BCUT2D eigenvalue weighted by Crippen LogP contribution is 2.44. The topological polar surface area (TPSA) is 47.3 Å². The van der Waals surface area contributed by atoms with E-state index in [4.69, 9.17) is 4.74 Å². The number of hydrogen-bond donors (Lipinski definition) is 1. The van der Waals surface area contributed by atoms with Crippen molar-refractivity contribution >= 4 is 0 Å². The number of benzene rings is 1. The van der Waals surface area contributed by atoms with Gasteiger partial charge in [0.2, 0.25) is 0 Å². The summed E-state index contributed by atoms with van der Waals surface area (Å²) in [5.41, 5.74) is 3.52. The van der Waals surface area contributed by atoms with E-state index >= 15 is 0 Å². The number of imidazole rings is 1. The molecule has 1 atom stereocenters. The van der Waals surface area contributed by atoms with Crippen molar-refractivity contribution in [2.24, 2.45) is 0 Å². The zero-order valence-electron chi connectivity index (χ0n) is 14.8. The van der Waals surface area contributed by atoms with E-state index in [-0.39, 0.29) is 0 Å². The van der Waals surface area contributed by atoms with E-state index < -0.39 is 6.10 Å². The van der Waals surface area contributed by atoms with Crippen molar-refractivity contribution in [1.82, 2.24) is 9.55 Å². The minimum atomic E-state index is -0.475. The van der Waals surface area contributed by atoms with Gasteiger partial charge in [-0.3, -0.25) is 0 Å². The van der Waals surface area contributed by atoms with Gasteiger partial charge in [0.05, 0.1) is 37.4 Å². The lowest BCUT2D eigenvalue weighted by Gasteiger charge is -2.23. The highest BCUT2D eigenvalue weighted by molar-refractivity contribution is 5.63. The maximum atomic E-state index is 10.5. The second kappa shape index (κ2) is 7.71. The Balaban J connectivity index is 1.42. The number of hydrogen-bond acceptors (Lipinski definition) is 3. The molecule has 2 saturated carbocycles. The molecule has 25 heavy (non-hydrogen) atoms. The van der Waals surface area contributed by atoms with Crippen LogP contribution in [0.1, 0.15) is 56.6 Å². The molecule has 1 aromatic heterocycles. The van der Waals surface area contributed by atoms with Crippen molar-refractivity contribution < 1.29 is 9.84 Å². The van der Waals surface area contributed by atoms with Gasteiger partial charge in [-0.1, -0.05) is 49.6 Å². The van der Waals surface area contributed by atoms with Crippen LogP contribution in [0.2, 0.25) is 0 Å². The molecule has 0 saturated heterocycles. The van der Waals surface area contributed by atoms with Gasteiger partial charge in [0.25, 0.3) is 0 Å². The summed E-state index contributed by atoms with van der Waals surface area (Å²) in [6.45, 7) is 0.992. The molecule has 0 aliphatic heterocycles. The van der Waals surface area contributed by atoms with E-state index in [1.807, 2.05) is 12.4 Å². The number of ether oxygens (including phenoxy) is 1. The van der Waals surface area contributed by atoms with Crippen LogP contribution in [-0.2, 0) is 11.3 Å². The van der Waals surface area contributed by atoms with E-state index in [9.17, 15) is 5.11 Å². The largest absolute Gasteiger partial charge is 0.389 e. The van der Waals surface area contributed by atoms with Crippen LogP contribution in [0.5, 0.6) is 0 Å². The van der Waals surface area contributed by atoms with E-state index in [0.29, 0.717) is 25.2 Å². The maximum absolute atomic E-state index is 10.5. The Morgan fingerprint density at radius 3 is 2.56 bits per heavy atom. The van der Waals surface area contributed by atoms with Gasteiger partial charge >= 0.3 is 0 Å². The molecule has 0 radical (unpaired) electrons. The molecule has 1 heterocycles. The fourth-order valence-corrected chi connectivity index (χ4v) is 3.90. The number of nitrogens with zero attached hydrogens (tertiary/aromatic N) is 2. The first kappa shape index (κ1) is 16.8. The number of rotatable bonds is 7. The fourth-order valence-electron chi connectivity index (χ4n) is 3.90. The van der Waals surface area contributed by atoms with Gasteiger partial charge < -0.3 is 14.4 Å². The van der Waals surface area contributed by atoms with E-state index in [1.54, 1.807) is 0 Å². The third-order valence-electron chi connectivity index (χ3n) is 5.37. The summed E-state index contributed by atoms with van der Waals surface area (Å²) < 4.78 is 8.09. The molecule has 1 N–H and O–H groups in total. The van der Waals surface area contributed by atoms with Crippen LogP contribution in [0.3, 0.4) is 0 Å². The molecule has 4 rings (SSSR count). The van der Waals surface area contributed by atoms with Crippen molar-refractivity contribution in [1.29, 1.82) is 0 Å². The molecule has 0 bridgehead atoms. The zero-order chi connectivity index (χ0) is 17.1. The highest BCUT2D eigenvalue weighted by Gasteiger charge is 2.31. The first-order valence-corrected chi connectivity index (χ1v) is 9.71. The average molecular weight is 340 g/mol. The van der Waals surface area contributed by atoms with Crippen molar-refractivity contribution in [3.8, 4) is 11.3 Å². The quantitative estimate of drug-likeness (QED) is 0.824. The SMILES string of the molecule is O[C@@H](COC1CCCCC1)Cn1cnc(-c2ccccc2)c1C1CC1. The molecule has 0 unspecified atom stereocenters. The summed E-state index contributed by atoms with van der Waals surface area (Å²) in [5.74, 6) is 0.587. The van der Waals surface area contributed by atoms with Crippen LogP contribution >= 0.6 is 0 Å². The van der Waals surface area contributed by atoms with Gasteiger partial charge in [-0.05, 0) is 25.7 Å². The Morgan fingerprint density at radius 1 is 1.08 bits per heavy atom. The van der Waals surface area contributed by atoms with Gasteiger partial charge in [0.15, 0.2) is 0 Å². The lowest BCUT2D eigenvalue weighted by atomic mass is 9.98. The second-order valence-corrected chi connectivity index (χ2v) is 7.52. The van der Waals surface area contributed by atoms with E-state index in [0.717, 1.165) is 24.1 Å². The Kier molecular flexibility index (Phi) is 5.18. The Morgan fingerprint density at radius 2 is 1.84 bits per heavy atom. The molecule has 2 aliphatic carbocycles. The number of aromatic nitrogens is 2. The van der Waals surface area contributed by atoms with Crippen molar-refractivity contribution in [2.75, 3.05) is 6.61 Å². The molecular weight excluding hydrogens is 312 g/mol. The van der Waals surface area contributed by atoms with Gasteiger partial charge in [-0.15, -0.1) is 0 Å². The van der Waals surface area contributed by atoms with Crippen molar-refractivity contribution in [2.45, 2.75) is 69.6 Å². The molecule has 0 amide bonds. The molecular formula is C21H28N2O2. The molecule has 1 aromatic carbocycles. The van der Waals surface area contributed by atoms with Crippen molar-refractivity contribution in [3.05, 3.63) is 42.4 Å². The van der Waals surface area contributed by atoms with E-state index in [2.05, 4.69) is 33.8 Å². The minimum Gasteiger partial charge on any atom is -0.389 e. The van der Waals surface area contributed by atoms with Crippen LogP contribution in [0.4, 0.5) is 0 Å². The maximum Gasteiger partial charge on any atom is 0.0957 e. The predicted molar refractivity (Wildman–Crippen MR) is 98.5 cm³/mol. The summed E-state index contributed by atoms with van der Waals surface area (Å²) in [6, 6.07) is 10.4. The third kappa shape index (κ3) is 4.13. The first-order valence-electron chi connectivity index (χ1n) is 9.71. The summed E-state index contributed by atoms with van der Waals surface area (Å²) >= 11 is 0. The summed E-state index contributed by atoms with van der Waals surface area (Å²) in [5, 5.41) is 10.5. The lowest BCUT2D eigenvalue weighted by Crippen LogP contribution is -2.27. The van der Waals surface area contributed by atoms with Gasteiger partial charge in [0.1, 0.15) is 0 Å². The van der Waals surface area contributed by atoms with Crippen LogP contribution in [0.15, 0.2) is 36.7 Å². The summed E-state index contributed by atoms with van der Waals surface area (Å²) in [6.07, 6.45) is 10.3. The second-order valence-electron chi connectivity index (χ2n) is 7.52. The van der Waals surface area contributed by atoms with Crippen LogP contribution in [-0.4, -0.2) is 33.5 Å². The van der Waals surface area contributed by atoms with Gasteiger partial charge in [0, 0.05) is 17.2 Å². The van der Waals surface area contributed by atoms with Gasteiger partial charge in [-0.2, -0.15) is 0 Å². The van der Waals surface area contributed by atoms with E-state index in [1.165, 1.54) is 37.8 Å². The summed E-state index contributed by atoms with van der Waals surface area (Å²) in [7, 11) is 0. The monoisotopic (exact) mass is 340 g/mol. The van der Waals surface area contributed by atoms with Crippen molar-refractivity contribution in [3.63, 3.8) is 0 Å². The molecule has 0 spiro atoms. The number of aliphatic hydroxyl groups is 1. The standard InChI is InChI=1S/C21H28N2O2/c24-18(14-25-19-9-5-2-6-10-19)13-23-15-22-20(21(23)17-11-12-17)16-7-3-1-4-8-16/h1,3-4,7-8,15,17-19,24H,2,5-6,9-14H2/t18-/m1/s1. The molecule has 2 aliphatic rings. The smallest absolute Gasteiger partial charge is 0.0957 e. The fraction of sp³-hybridized carbons (Fsp3) is 0.571. The lowest BCUT2D eigenvalue weighted by molar-refractivity contribution is -0.0285. The zero-order valence-corrected chi connectivity index (χ0v) is 14.8. The molecule has 2 fully saturated rings. The minimum absolute atomic E-state index is 0.342. The molecule has 2 aromatic rings. The molecule has 4 heteroatoms. The van der Waals surface area contributed by atoms with Crippen LogP contribution in [0.25, 0.3) is 11.3 Å². The Hall–Kier alpha value is -1.65. The predicted octanol–water partition coefficient (Wildman–Crippen LogP) is 4.14. The molecule has 134 valence electrons. The highest BCUT2D eigenvalue weighted by atomic mass is 16.5. The van der Waals surface area contributed by atoms with Gasteiger partial charge in [-0.25, -0.2) is 4.98 Å². The van der Waals surface area contributed by atoms with Crippen LogP contribution < -0.4 is 0 Å². The first-order chi connectivity index (χ1) is 12.3. The third-order valence-corrected chi connectivity index (χ3v) is 5.37. The number of aliphatic hydroxyl groups excluding tert-OH is 1. The Labute approximate surface area is 149 Å². The summed E-state index contributed by atoms with van der Waals surface area (Å²) in [4.78, 5) is 4.66.